The number of aromatic nitrogens is 2. The van der Waals surface area contributed by atoms with Crippen molar-refractivity contribution in [2.24, 2.45) is 10.7 Å². The number of aliphatic imine (C=N–C) groups is 1. The molecule has 102 valence electrons. The summed E-state index contributed by atoms with van der Waals surface area (Å²) in [7, 11) is 0. The summed E-state index contributed by atoms with van der Waals surface area (Å²) < 4.78 is 0. The number of guanidine groups is 1. The van der Waals surface area contributed by atoms with Crippen LogP contribution in [0.25, 0.3) is 11.0 Å². The molecule has 1 aromatic heterocycles. The number of imidazole rings is 1. The molecule has 1 aromatic carbocycles. The Morgan fingerprint density at radius 2 is 1.84 bits per heavy atom. The van der Waals surface area contributed by atoms with Crippen LogP contribution in [0.5, 0.6) is 0 Å². The van der Waals surface area contributed by atoms with Crippen molar-refractivity contribution < 1.29 is 0 Å². The van der Waals surface area contributed by atoms with E-state index >= 15 is 0 Å². The second-order valence-corrected chi connectivity index (χ2v) is 5.14. The van der Waals surface area contributed by atoms with Crippen LogP contribution in [0.1, 0.15) is 27.7 Å². The van der Waals surface area contributed by atoms with Gasteiger partial charge in [-0.25, -0.2) is 4.98 Å². The summed E-state index contributed by atoms with van der Waals surface area (Å²) in [5, 5.41) is 0. The van der Waals surface area contributed by atoms with Crippen molar-refractivity contribution in [3.8, 4) is 0 Å². The monoisotopic (exact) mass is 259 g/mol. The Morgan fingerprint density at radius 1 is 1.21 bits per heavy atom. The summed E-state index contributed by atoms with van der Waals surface area (Å²) >= 11 is 0. The van der Waals surface area contributed by atoms with Crippen LogP contribution in [0.3, 0.4) is 0 Å². The minimum Gasteiger partial charge on any atom is -0.369 e. The zero-order chi connectivity index (χ0) is 14.0. The molecule has 0 saturated carbocycles. The molecule has 5 heteroatoms. The van der Waals surface area contributed by atoms with Gasteiger partial charge in [0.2, 0.25) is 5.95 Å². The highest BCUT2D eigenvalue weighted by Gasteiger charge is 2.16. The van der Waals surface area contributed by atoms with Crippen molar-refractivity contribution in [2.45, 2.75) is 39.8 Å². The van der Waals surface area contributed by atoms with Gasteiger partial charge in [-0.1, -0.05) is 12.1 Å². The highest BCUT2D eigenvalue weighted by molar-refractivity contribution is 5.83. The van der Waals surface area contributed by atoms with Crippen LogP contribution >= 0.6 is 0 Å². The first-order chi connectivity index (χ1) is 8.99. The molecule has 2 aromatic rings. The van der Waals surface area contributed by atoms with Gasteiger partial charge in [-0.05, 0) is 39.8 Å². The molecule has 0 bridgehead atoms. The van der Waals surface area contributed by atoms with Crippen LogP contribution in [-0.4, -0.2) is 32.9 Å². The van der Waals surface area contributed by atoms with E-state index in [0.717, 1.165) is 11.0 Å². The summed E-state index contributed by atoms with van der Waals surface area (Å²) in [6, 6.07) is 8.44. The lowest BCUT2D eigenvalue weighted by Gasteiger charge is -2.31. The van der Waals surface area contributed by atoms with Gasteiger partial charge >= 0.3 is 0 Å². The number of aromatic amines is 1. The highest BCUT2D eigenvalue weighted by Crippen LogP contribution is 2.16. The number of rotatable bonds is 3. The standard InChI is InChI=1S/C14H21N5/c1-9(2)19(10(3)4)13(15)18-14-16-11-7-5-6-8-12(11)17-14/h5-10H,1-4H3,(H3,15,16,17,18). The minimum absolute atomic E-state index is 0.299. The first kappa shape index (κ1) is 13.4. The third kappa shape index (κ3) is 2.86. The molecule has 0 aliphatic carbocycles. The molecule has 0 radical (unpaired) electrons. The largest absolute Gasteiger partial charge is 0.369 e. The zero-order valence-electron chi connectivity index (χ0n) is 11.9. The Bertz CT molecular complexity index is 541. The third-order valence-corrected chi connectivity index (χ3v) is 2.97. The molecule has 3 N–H and O–H groups in total. The Labute approximate surface area is 113 Å². The number of hydrogen-bond donors (Lipinski definition) is 2. The first-order valence-electron chi connectivity index (χ1n) is 6.56. The number of nitrogens with one attached hydrogen (secondary N) is 1. The average Bonchev–Trinajstić information content (AvgIpc) is 2.69. The van der Waals surface area contributed by atoms with E-state index in [0.29, 0.717) is 24.0 Å². The predicted octanol–water partition coefficient (Wildman–Crippen LogP) is 2.63. The van der Waals surface area contributed by atoms with Crippen LogP contribution in [0, 0.1) is 0 Å². The van der Waals surface area contributed by atoms with E-state index in [9.17, 15) is 0 Å². The van der Waals surface area contributed by atoms with Crippen molar-refractivity contribution in [3.05, 3.63) is 24.3 Å². The van der Waals surface area contributed by atoms with Crippen molar-refractivity contribution in [1.82, 2.24) is 14.9 Å². The number of nitrogens with two attached hydrogens (primary N) is 1. The molecular weight excluding hydrogens is 238 g/mol. The van der Waals surface area contributed by atoms with E-state index in [1.807, 2.05) is 24.3 Å². The maximum atomic E-state index is 6.09. The van der Waals surface area contributed by atoms with Crippen LogP contribution < -0.4 is 5.73 Å². The quantitative estimate of drug-likeness (QED) is 0.657. The molecule has 0 fully saturated rings. The highest BCUT2D eigenvalue weighted by atomic mass is 15.3. The summed E-state index contributed by atoms with van der Waals surface area (Å²) in [5.41, 5.74) is 7.95. The van der Waals surface area contributed by atoms with E-state index in [1.54, 1.807) is 0 Å². The number of H-pyrrole nitrogens is 1. The Balaban J connectivity index is 2.33. The second-order valence-electron chi connectivity index (χ2n) is 5.14. The topological polar surface area (TPSA) is 70.3 Å². The molecule has 0 aliphatic heterocycles. The maximum Gasteiger partial charge on any atom is 0.231 e. The van der Waals surface area contributed by atoms with E-state index in [2.05, 4.69) is 47.6 Å². The first-order valence-corrected chi connectivity index (χ1v) is 6.56. The van der Waals surface area contributed by atoms with Crippen LogP contribution in [-0.2, 0) is 0 Å². The fraction of sp³-hybridized carbons (Fsp3) is 0.429. The van der Waals surface area contributed by atoms with Gasteiger partial charge < -0.3 is 15.6 Å². The van der Waals surface area contributed by atoms with Crippen LogP contribution in [0.4, 0.5) is 5.95 Å². The Hall–Kier alpha value is -2.04. The smallest absolute Gasteiger partial charge is 0.231 e. The van der Waals surface area contributed by atoms with Crippen molar-refractivity contribution >= 4 is 22.9 Å². The van der Waals surface area contributed by atoms with Gasteiger partial charge in [-0.3, -0.25) is 0 Å². The average molecular weight is 259 g/mol. The van der Waals surface area contributed by atoms with Gasteiger partial charge in [0, 0.05) is 12.1 Å². The summed E-state index contributed by atoms with van der Waals surface area (Å²) in [4.78, 5) is 14.0. The molecule has 0 amide bonds. The SMILES string of the molecule is CC(C)N(/C(N)=N/c1nc2ccccc2[nH]1)C(C)C. The predicted molar refractivity (Wildman–Crippen MR) is 79.5 cm³/mol. The van der Waals surface area contributed by atoms with Gasteiger partial charge in [-0.15, -0.1) is 0 Å². The van der Waals surface area contributed by atoms with E-state index in [4.69, 9.17) is 5.73 Å². The minimum atomic E-state index is 0.299. The molecule has 0 saturated heterocycles. The molecule has 19 heavy (non-hydrogen) atoms. The van der Waals surface area contributed by atoms with Crippen molar-refractivity contribution in [3.63, 3.8) is 0 Å². The van der Waals surface area contributed by atoms with Gasteiger partial charge in [0.05, 0.1) is 11.0 Å². The van der Waals surface area contributed by atoms with Crippen LogP contribution in [0.15, 0.2) is 29.3 Å². The lowest BCUT2D eigenvalue weighted by atomic mass is 10.2. The Kier molecular flexibility index (Phi) is 3.74. The lowest BCUT2D eigenvalue weighted by molar-refractivity contribution is 0.289. The molecule has 0 unspecified atom stereocenters. The van der Waals surface area contributed by atoms with Gasteiger partial charge in [0.1, 0.15) is 0 Å². The molecule has 0 aliphatic rings. The van der Waals surface area contributed by atoms with Crippen molar-refractivity contribution in [2.75, 3.05) is 0 Å². The lowest BCUT2D eigenvalue weighted by Crippen LogP contribution is -2.46. The molecule has 2 rings (SSSR count). The van der Waals surface area contributed by atoms with E-state index in [1.165, 1.54) is 0 Å². The van der Waals surface area contributed by atoms with Gasteiger partial charge in [0.15, 0.2) is 5.96 Å². The number of nitrogens with zero attached hydrogens (tertiary/aromatic N) is 3. The molecule has 0 atom stereocenters. The third-order valence-electron chi connectivity index (χ3n) is 2.97. The second kappa shape index (κ2) is 5.30. The number of hydrogen-bond acceptors (Lipinski definition) is 2. The van der Waals surface area contributed by atoms with Crippen molar-refractivity contribution in [1.29, 1.82) is 0 Å². The Morgan fingerprint density at radius 3 is 2.42 bits per heavy atom. The molecule has 1 heterocycles. The van der Waals surface area contributed by atoms with Gasteiger partial charge in [-0.2, -0.15) is 4.99 Å². The fourth-order valence-corrected chi connectivity index (χ4v) is 2.28. The molecule has 5 nitrogen and oxygen atoms in total. The summed E-state index contributed by atoms with van der Waals surface area (Å²) in [6.45, 7) is 8.39. The number of para-hydroxylation sites is 2. The summed E-state index contributed by atoms with van der Waals surface area (Å²) in [6.07, 6.45) is 0. The number of benzene rings is 1. The van der Waals surface area contributed by atoms with E-state index < -0.39 is 0 Å². The normalized spacial score (nSPS) is 12.6. The van der Waals surface area contributed by atoms with Crippen LogP contribution in [0.2, 0.25) is 0 Å². The summed E-state index contributed by atoms with van der Waals surface area (Å²) in [5.74, 6) is 1.04. The zero-order valence-corrected chi connectivity index (χ0v) is 11.9. The van der Waals surface area contributed by atoms with E-state index in [-0.39, 0.29) is 0 Å². The molecular formula is C14H21N5. The molecule has 0 spiro atoms. The fourth-order valence-electron chi connectivity index (χ4n) is 2.28. The number of fused-ring (bicyclic) bond motifs is 1. The maximum absolute atomic E-state index is 6.09. The van der Waals surface area contributed by atoms with Gasteiger partial charge in [0.25, 0.3) is 0 Å².